The number of nitrogens with one attached hydrogen (secondary N) is 2. The van der Waals surface area contributed by atoms with Gasteiger partial charge in [0.15, 0.2) is 0 Å². The average molecular weight is 349 g/mol. The van der Waals surface area contributed by atoms with Crippen LogP contribution < -0.4 is 14.8 Å². The predicted octanol–water partition coefficient (Wildman–Crippen LogP) is 1.89. The van der Waals surface area contributed by atoms with E-state index in [9.17, 15) is 21.6 Å². The molecule has 2 N–H and O–H groups in total. The summed E-state index contributed by atoms with van der Waals surface area (Å²) >= 11 is 0. The second kappa shape index (κ2) is 8.42. The van der Waals surface area contributed by atoms with Crippen LogP contribution in [0.1, 0.15) is 6.92 Å². The lowest BCUT2D eigenvalue weighted by Gasteiger charge is -2.11. The highest BCUT2D eigenvalue weighted by Crippen LogP contribution is 2.24. The van der Waals surface area contributed by atoms with Crippen molar-refractivity contribution in [3.63, 3.8) is 0 Å². The van der Waals surface area contributed by atoms with Gasteiger partial charge >= 0.3 is 6.36 Å². The first kappa shape index (κ1) is 20.0. The van der Waals surface area contributed by atoms with E-state index in [1.807, 2.05) is 6.92 Å². The number of benzene rings is 1. The molecule has 0 spiro atoms. The summed E-state index contributed by atoms with van der Waals surface area (Å²) in [7, 11) is -3.86. The van der Waals surface area contributed by atoms with Crippen LogP contribution in [0.2, 0.25) is 0 Å². The Morgan fingerprint density at radius 1 is 1.24 bits per heavy atom. The van der Waals surface area contributed by atoms with E-state index in [-0.39, 0.29) is 23.8 Å². The molecular weight excluding hydrogens is 333 g/mol. The van der Waals surface area contributed by atoms with Gasteiger partial charge in [-0.25, -0.2) is 13.1 Å². The first-order chi connectivity index (χ1) is 9.24. The van der Waals surface area contributed by atoms with Crippen LogP contribution in [0.15, 0.2) is 29.2 Å². The third-order valence-corrected chi connectivity index (χ3v) is 3.65. The fourth-order valence-corrected chi connectivity index (χ4v) is 2.44. The van der Waals surface area contributed by atoms with Gasteiger partial charge in [-0.15, -0.1) is 25.6 Å². The lowest BCUT2D eigenvalue weighted by molar-refractivity contribution is -0.274. The van der Waals surface area contributed by atoms with E-state index in [1.165, 1.54) is 12.1 Å². The molecule has 21 heavy (non-hydrogen) atoms. The van der Waals surface area contributed by atoms with Crippen LogP contribution >= 0.6 is 12.4 Å². The van der Waals surface area contributed by atoms with Gasteiger partial charge in [0.1, 0.15) is 5.75 Å². The van der Waals surface area contributed by atoms with E-state index in [0.717, 1.165) is 12.1 Å². The van der Waals surface area contributed by atoms with Crippen molar-refractivity contribution in [3.05, 3.63) is 24.3 Å². The maximum atomic E-state index is 12.1. The smallest absolute Gasteiger partial charge is 0.406 e. The molecule has 0 bridgehead atoms. The van der Waals surface area contributed by atoms with Crippen molar-refractivity contribution in [1.29, 1.82) is 0 Å². The molecule has 10 heteroatoms. The summed E-state index contributed by atoms with van der Waals surface area (Å²) in [5, 5.41) is 2.91. The van der Waals surface area contributed by atoms with Crippen molar-refractivity contribution in [3.8, 4) is 5.75 Å². The molecule has 0 aliphatic heterocycles. The van der Waals surface area contributed by atoms with Gasteiger partial charge in [-0.3, -0.25) is 0 Å². The molecule has 1 aromatic rings. The summed E-state index contributed by atoms with van der Waals surface area (Å²) in [4.78, 5) is -0.282. The van der Waals surface area contributed by atoms with Gasteiger partial charge in [0.25, 0.3) is 0 Å². The lowest BCUT2D eigenvalue weighted by atomic mass is 10.3. The van der Waals surface area contributed by atoms with Crippen molar-refractivity contribution >= 4 is 22.4 Å². The zero-order chi connectivity index (χ0) is 15.2. The molecule has 0 saturated heterocycles. The van der Waals surface area contributed by atoms with Crippen LogP contribution in [0.5, 0.6) is 5.75 Å². The van der Waals surface area contributed by atoms with Crippen LogP contribution in [0, 0.1) is 0 Å². The minimum atomic E-state index is -4.86. The summed E-state index contributed by atoms with van der Waals surface area (Å²) in [6.45, 7) is 3.12. The number of likely N-dealkylation sites (N-methyl/N-ethyl adjacent to an activating group) is 1. The summed E-state index contributed by atoms with van der Waals surface area (Å²) in [6, 6.07) is 4.23. The second-order valence-electron chi connectivity index (χ2n) is 3.77. The van der Waals surface area contributed by atoms with E-state index < -0.39 is 22.1 Å². The predicted molar refractivity (Wildman–Crippen MR) is 74.1 cm³/mol. The summed E-state index contributed by atoms with van der Waals surface area (Å²) in [5.41, 5.74) is 0. The maximum Gasteiger partial charge on any atom is 0.573 e. The maximum absolute atomic E-state index is 12.1. The van der Waals surface area contributed by atoms with Crippen molar-refractivity contribution in [2.45, 2.75) is 18.2 Å². The van der Waals surface area contributed by atoms with Gasteiger partial charge in [0, 0.05) is 19.2 Å². The molecule has 0 saturated carbocycles. The standard InChI is InChI=1S/C11H15F3N2O3S.ClH/c1-2-15-6-7-16-20(17,18)10-5-3-4-9(8-10)19-11(12,13)14;/h3-5,8,15-16H,2,6-7H2,1H3;1H. The van der Waals surface area contributed by atoms with Crippen LogP contribution in [-0.2, 0) is 10.0 Å². The molecule has 0 aliphatic rings. The number of hydrogen-bond donors (Lipinski definition) is 2. The molecule has 0 aromatic heterocycles. The molecule has 122 valence electrons. The van der Waals surface area contributed by atoms with E-state index in [4.69, 9.17) is 0 Å². The number of ether oxygens (including phenoxy) is 1. The van der Waals surface area contributed by atoms with Gasteiger partial charge in [0.05, 0.1) is 4.90 Å². The van der Waals surface area contributed by atoms with Crippen molar-refractivity contribution < 1.29 is 26.3 Å². The summed E-state index contributed by atoms with van der Waals surface area (Å²) < 4.78 is 65.8. The van der Waals surface area contributed by atoms with Gasteiger partial charge < -0.3 is 10.1 Å². The first-order valence-electron chi connectivity index (χ1n) is 5.81. The summed E-state index contributed by atoms with van der Waals surface area (Å²) in [5.74, 6) is -0.577. The van der Waals surface area contributed by atoms with Gasteiger partial charge in [0.2, 0.25) is 10.0 Å². The zero-order valence-electron chi connectivity index (χ0n) is 11.1. The fraction of sp³-hybridized carbons (Fsp3) is 0.455. The molecular formula is C11H16ClF3N2O3S. The number of halogens is 4. The fourth-order valence-electron chi connectivity index (χ4n) is 1.37. The molecule has 0 amide bonds. The minimum Gasteiger partial charge on any atom is -0.406 e. The van der Waals surface area contributed by atoms with Gasteiger partial charge in [-0.1, -0.05) is 13.0 Å². The van der Waals surface area contributed by atoms with Crippen LogP contribution in [0.4, 0.5) is 13.2 Å². The van der Waals surface area contributed by atoms with Crippen molar-refractivity contribution in [1.82, 2.24) is 10.0 Å². The topological polar surface area (TPSA) is 67.4 Å². The molecule has 0 aliphatic carbocycles. The number of rotatable bonds is 7. The SMILES string of the molecule is CCNCCNS(=O)(=O)c1cccc(OC(F)(F)F)c1.Cl. The normalized spacial score (nSPS) is 11.8. The van der Waals surface area contributed by atoms with Crippen LogP contribution in [0.25, 0.3) is 0 Å². The Balaban J connectivity index is 0.00000400. The molecule has 0 radical (unpaired) electrons. The highest BCUT2D eigenvalue weighted by Gasteiger charge is 2.31. The molecule has 1 rings (SSSR count). The molecule has 0 unspecified atom stereocenters. The first-order valence-corrected chi connectivity index (χ1v) is 7.29. The lowest BCUT2D eigenvalue weighted by Crippen LogP contribution is -2.31. The van der Waals surface area contributed by atoms with Crippen molar-refractivity contribution in [2.24, 2.45) is 0 Å². The van der Waals surface area contributed by atoms with E-state index >= 15 is 0 Å². The van der Waals surface area contributed by atoms with E-state index in [1.54, 1.807) is 0 Å². The van der Waals surface area contributed by atoms with E-state index in [0.29, 0.717) is 13.1 Å². The highest BCUT2D eigenvalue weighted by molar-refractivity contribution is 7.89. The van der Waals surface area contributed by atoms with Crippen LogP contribution in [-0.4, -0.2) is 34.4 Å². The Labute approximate surface area is 127 Å². The molecule has 5 nitrogen and oxygen atoms in total. The largest absolute Gasteiger partial charge is 0.573 e. The van der Waals surface area contributed by atoms with Crippen LogP contribution in [0.3, 0.4) is 0 Å². The molecule has 1 aromatic carbocycles. The molecule has 0 heterocycles. The second-order valence-corrected chi connectivity index (χ2v) is 5.54. The Kier molecular flexibility index (Phi) is 8.01. The van der Waals surface area contributed by atoms with Crippen molar-refractivity contribution in [2.75, 3.05) is 19.6 Å². The number of sulfonamides is 1. The Hall–Kier alpha value is -1.03. The van der Waals surface area contributed by atoms with Gasteiger partial charge in [-0.05, 0) is 18.7 Å². The van der Waals surface area contributed by atoms with E-state index in [2.05, 4.69) is 14.8 Å². The Bertz CT molecular complexity index is 538. The minimum absolute atomic E-state index is 0. The molecule has 0 fully saturated rings. The average Bonchev–Trinajstić information content (AvgIpc) is 2.33. The number of hydrogen-bond acceptors (Lipinski definition) is 4. The highest BCUT2D eigenvalue weighted by atomic mass is 35.5. The summed E-state index contributed by atoms with van der Waals surface area (Å²) in [6.07, 6.45) is -4.86. The third kappa shape index (κ3) is 7.51. The zero-order valence-corrected chi connectivity index (χ0v) is 12.7. The monoisotopic (exact) mass is 348 g/mol. The quantitative estimate of drug-likeness (QED) is 0.738. The molecule has 0 atom stereocenters. The Morgan fingerprint density at radius 3 is 2.48 bits per heavy atom. The number of alkyl halides is 3. The van der Waals surface area contributed by atoms with Gasteiger partial charge in [-0.2, -0.15) is 0 Å². The third-order valence-electron chi connectivity index (χ3n) is 2.19. The Morgan fingerprint density at radius 2 is 1.90 bits per heavy atom.